The standard InChI is InChI=1S/C18H19N3O2/c1-12-9-13(2)11-14(10-12)21-16(6-3-7-17(22)23)20-15-5-4-8-19-18(15)21/h4-5,8-11H,3,6-7H2,1-2H3,(H,22,23). The van der Waals surface area contributed by atoms with Crippen molar-refractivity contribution in [1.29, 1.82) is 0 Å². The van der Waals surface area contributed by atoms with Gasteiger partial charge in [0.05, 0.1) is 0 Å². The first-order valence-corrected chi connectivity index (χ1v) is 7.67. The molecule has 0 saturated heterocycles. The van der Waals surface area contributed by atoms with E-state index >= 15 is 0 Å². The topological polar surface area (TPSA) is 68.0 Å². The van der Waals surface area contributed by atoms with E-state index < -0.39 is 5.97 Å². The van der Waals surface area contributed by atoms with Gasteiger partial charge in [-0.25, -0.2) is 9.97 Å². The van der Waals surface area contributed by atoms with Gasteiger partial charge in [0.15, 0.2) is 5.65 Å². The zero-order valence-corrected chi connectivity index (χ0v) is 13.3. The fourth-order valence-corrected chi connectivity index (χ4v) is 2.88. The Bertz CT molecular complexity index is 848. The van der Waals surface area contributed by atoms with Crippen LogP contribution < -0.4 is 0 Å². The van der Waals surface area contributed by atoms with Crippen LogP contribution >= 0.6 is 0 Å². The van der Waals surface area contributed by atoms with E-state index in [0.717, 1.165) is 22.7 Å². The summed E-state index contributed by atoms with van der Waals surface area (Å²) in [6.07, 6.45) is 3.06. The number of benzene rings is 1. The summed E-state index contributed by atoms with van der Waals surface area (Å²) >= 11 is 0. The van der Waals surface area contributed by atoms with Gasteiger partial charge in [0.2, 0.25) is 0 Å². The number of aryl methyl sites for hydroxylation is 3. The first-order valence-electron chi connectivity index (χ1n) is 7.67. The molecule has 3 rings (SSSR count). The van der Waals surface area contributed by atoms with E-state index in [4.69, 9.17) is 5.11 Å². The largest absolute Gasteiger partial charge is 0.481 e. The Morgan fingerprint density at radius 1 is 1.22 bits per heavy atom. The predicted octanol–water partition coefficient (Wildman–Crippen LogP) is 3.44. The lowest BCUT2D eigenvalue weighted by atomic mass is 10.1. The molecule has 1 aromatic carbocycles. The summed E-state index contributed by atoms with van der Waals surface area (Å²) < 4.78 is 2.04. The molecule has 23 heavy (non-hydrogen) atoms. The van der Waals surface area contributed by atoms with Gasteiger partial charge in [-0.05, 0) is 55.7 Å². The number of rotatable bonds is 5. The molecule has 3 aromatic rings. The smallest absolute Gasteiger partial charge is 0.303 e. The number of imidazole rings is 1. The zero-order valence-electron chi connectivity index (χ0n) is 13.3. The third-order valence-electron chi connectivity index (χ3n) is 3.74. The lowest BCUT2D eigenvalue weighted by molar-refractivity contribution is -0.137. The van der Waals surface area contributed by atoms with Gasteiger partial charge in [-0.15, -0.1) is 0 Å². The Hall–Kier alpha value is -2.69. The summed E-state index contributed by atoms with van der Waals surface area (Å²) in [5, 5.41) is 8.85. The van der Waals surface area contributed by atoms with E-state index in [1.54, 1.807) is 6.20 Å². The second-order valence-electron chi connectivity index (χ2n) is 5.80. The quantitative estimate of drug-likeness (QED) is 0.784. The molecule has 0 saturated carbocycles. The molecular formula is C18H19N3O2. The fourth-order valence-electron chi connectivity index (χ4n) is 2.88. The lowest BCUT2D eigenvalue weighted by Gasteiger charge is -2.10. The SMILES string of the molecule is Cc1cc(C)cc(-n2c(CCCC(=O)O)nc3cccnc32)c1. The van der Waals surface area contributed by atoms with Crippen LogP contribution in [-0.2, 0) is 11.2 Å². The van der Waals surface area contributed by atoms with Crippen molar-refractivity contribution in [2.24, 2.45) is 0 Å². The molecule has 5 nitrogen and oxygen atoms in total. The van der Waals surface area contributed by atoms with Crippen LogP contribution in [0.3, 0.4) is 0 Å². The monoisotopic (exact) mass is 309 g/mol. The van der Waals surface area contributed by atoms with Crippen molar-refractivity contribution in [2.75, 3.05) is 0 Å². The van der Waals surface area contributed by atoms with Crippen LogP contribution in [-0.4, -0.2) is 25.6 Å². The van der Waals surface area contributed by atoms with Crippen molar-refractivity contribution >= 4 is 17.1 Å². The maximum Gasteiger partial charge on any atom is 0.303 e. The second kappa shape index (κ2) is 6.20. The van der Waals surface area contributed by atoms with E-state index in [-0.39, 0.29) is 6.42 Å². The highest BCUT2D eigenvalue weighted by molar-refractivity contribution is 5.74. The van der Waals surface area contributed by atoms with Gasteiger partial charge < -0.3 is 5.11 Å². The summed E-state index contributed by atoms with van der Waals surface area (Å²) in [7, 11) is 0. The molecule has 0 bridgehead atoms. The highest BCUT2D eigenvalue weighted by atomic mass is 16.4. The average Bonchev–Trinajstić information content (AvgIpc) is 2.84. The van der Waals surface area contributed by atoms with Crippen molar-refractivity contribution < 1.29 is 9.90 Å². The van der Waals surface area contributed by atoms with Crippen LogP contribution in [0.25, 0.3) is 16.9 Å². The number of hydrogen-bond donors (Lipinski definition) is 1. The summed E-state index contributed by atoms with van der Waals surface area (Å²) in [4.78, 5) is 19.9. The molecule has 0 unspecified atom stereocenters. The van der Waals surface area contributed by atoms with Crippen LogP contribution in [0, 0.1) is 13.8 Å². The Balaban J connectivity index is 2.10. The van der Waals surface area contributed by atoms with Crippen molar-refractivity contribution in [2.45, 2.75) is 33.1 Å². The molecule has 0 aliphatic rings. The normalized spacial score (nSPS) is 11.0. The number of aromatic nitrogens is 3. The van der Waals surface area contributed by atoms with Gasteiger partial charge in [0.25, 0.3) is 0 Å². The van der Waals surface area contributed by atoms with Crippen LogP contribution in [0.2, 0.25) is 0 Å². The summed E-state index contributed by atoms with van der Waals surface area (Å²) in [5.41, 5.74) is 5.01. The van der Waals surface area contributed by atoms with Crippen molar-refractivity contribution in [3.8, 4) is 5.69 Å². The van der Waals surface area contributed by atoms with Crippen LogP contribution in [0.4, 0.5) is 0 Å². The van der Waals surface area contributed by atoms with E-state index in [1.165, 1.54) is 11.1 Å². The molecule has 0 fully saturated rings. The molecule has 0 amide bonds. The van der Waals surface area contributed by atoms with E-state index in [1.807, 2.05) is 16.7 Å². The Kier molecular flexibility index (Phi) is 4.10. The summed E-state index contributed by atoms with van der Waals surface area (Å²) in [6.45, 7) is 4.13. The van der Waals surface area contributed by atoms with Crippen molar-refractivity contribution in [3.63, 3.8) is 0 Å². The number of nitrogens with zero attached hydrogens (tertiary/aromatic N) is 3. The maximum absolute atomic E-state index is 10.8. The number of fused-ring (bicyclic) bond motifs is 1. The minimum atomic E-state index is -0.780. The van der Waals surface area contributed by atoms with Gasteiger partial charge >= 0.3 is 5.97 Å². The number of carbonyl (C=O) groups is 1. The molecule has 118 valence electrons. The molecule has 0 aliphatic heterocycles. The van der Waals surface area contributed by atoms with E-state index in [9.17, 15) is 4.79 Å². The van der Waals surface area contributed by atoms with Crippen LogP contribution in [0.1, 0.15) is 29.8 Å². The van der Waals surface area contributed by atoms with Crippen LogP contribution in [0.15, 0.2) is 36.5 Å². The van der Waals surface area contributed by atoms with Gasteiger partial charge in [0.1, 0.15) is 11.3 Å². The molecular weight excluding hydrogens is 290 g/mol. The van der Waals surface area contributed by atoms with Gasteiger partial charge in [-0.3, -0.25) is 9.36 Å². The second-order valence-corrected chi connectivity index (χ2v) is 5.80. The molecule has 2 heterocycles. The molecule has 1 N–H and O–H groups in total. The zero-order chi connectivity index (χ0) is 16.4. The summed E-state index contributed by atoms with van der Waals surface area (Å²) in [6, 6.07) is 10.1. The molecule has 5 heteroatoms. The minimum Gasteiger partial charge on any atom is -0.481 e. The first kappa shape index (κ1) is 15.2. The molecule has 0 radical (unpaired) electrons. The Morgan fingerprint density at radius 3 is 2.65 bits per heavy atom. The lowest BCUT2D eigenvalue weighted by Crippen LogP contribution is -2.04. The third kappa shape index (κ3) is 3.23. The minimum absolute atomic E-state index is 0.142. The van der Waals surface area contributed by atoms with Crippen LogP contribution in [0.5, 0.6) is 0 Å². The van der Waals surface area contributed by atoms with E-state index in [0.29, 0.717) is 12.8 Å². The van der Waals surface area contributed by atoms with E-state index in [2.05, 4.69) is 42.0 Å². The number of pyridine rings is 1. The number of aliphatic carboxylic acids is 1. The number of carboxylic acids is 1. The average molecular weight is 309 g/mol. The van der Waals surface area contributed by atoms with Gasteiger partial charge in [0, 0.05) is 24.7 Å². The molecule has 0 aliphatic carbocycles. The highest BCUT2D eigenvalue weighted by Gasteiger charge is 2.14. The van der Waals surface area contributed by atoms with Gasteiger partial charge in [-0.2, -0.15) is 0 Å². The molecule has 2 aromatic heterocycles. The number of carboxylic acid groups (broad SMARTS) is 1. The van der Waals surface area contributed by atoms with Crippen molar-refractivity contribution in [1.82, 2.24) is 14.5 Å². The third-order valence-corrected chi connectivity index (χ3v) is 3.74. The van der Waals surface area contributed by atoms with Gasteiger partial charge in [-0.1, -0.05) is 6.07 Å². The molecule has 0 atom stereocenters. The first-order chi connectivity index (χ1) is 11.0. The Morgan fingerprint density at radius 2 is 1.96 bits per heavy atom. The van der Waals surface area contributed by atoms with Crippen molar-refractivity contribution in [3.05, 3.63) is 53.5 Å². The predicted molar refractivity (Wildman–Crippen MR) is 88.9 cm³/mol. The Labute approximate surface area is 134 Å². The highest BCUT2D eigenvalue weighted by Crippen LogP contribution is 2.23. The molecule has 0 spiro atoms. The maximum atomic E-state index is 10.8. The number of hydrogen-bond acceptors (Lipinski definition) is 3. The summed E-state index contributed by atoms with van der Waals surface area (Å²) in [5.74, 6) is 0.0714. The fraction of sp³-hybridized carbons (Fsp3) is 0.278.